The zero-order valence-electron chi connectivity index (χ0n) is 16.2. The number of nitrogens with one attached hydrogen (secondary N) is 2. The Hall–Kier alpha value is -1.88. The fourth-order valence-electron chi connectivity index (χ4n) is 4.03. The van der Waals surface area contributed by atoms with Crippen LogP contribution in [0.4, 0.5) is 0 Å². The normalized spacial score (nSPS) is 24.1. The van der Waals surface area contributed by atoms with E-state index in [-0.39, 0.29) is 30.3 Å². The zero-order valence-corrected chi connectivity index (χ0v) is 16.2. The van der Waals surface area contributed by atoms with Gasteiger partial charge in [0.1, 0.15) is 0 Å². The van der Waals surface area contributed by atoms with Crippen molar-refractivity contribution < 1.29 is 9.59 Å². The second-order valence-corrected chi connectivity index (χ2v) is 7.91. The Balaban J connectivity index is 2.04. The van der Waals surface area contributed by atoms with Crippen molar-refractivity contribution in [2.75, 3.05) is 13.1 Å². The van der Waals surface area contributed by atoms with E-state index in [1.807, 2.05) is 30.3 Å². The van der Waals surface area contributed by atoms with Crippen LogP contribution in [-0.2, 0) is 9.59 Å². The number of hydrogen-bond donors (Lipinski definition) is 3. The van der Waals surface area contributed by atoms with Gasteiger partial charge in [0.2, 0.25) is 11.8 Å². The number of carbonyl (C=O) groups excluding carboxylic acids is 2. The maximum absolute atomic E-state index is 12.9. The summed E-state index contributed by atoms with van der Waals surface area (Å²) < 4.78 is 0. The van der Waals surface area contributed by atoms with Crippen molar-refractivity contribution in [3.05, 3.63) is 35.9 Å². The van der Waals surface area contributed by atoms with E-state index in [9.17, 15) is 9.59 Å². The largest absolute Gasteiger partial charge is 0.353 e. The second-order valence-electron chi connectivity index (χ2n) is 7.91. The Morgan fingerprint density at radius 3 is 2.50 bits per heavy atom. The van der Waals surface area contributed by atoms with E-state index in [0.29, 0.717) is 24.3 Å². The fraction of sp³-hybridized carbons (Fsp3) is 0.619. The Bertz CT molecular complexity index is 588. The highest BCUT2D eigenvalue weighted by molar-refractivity contribution is 5.80. The van der Waals surface area contributed by atoms with Crippen molar-refractivity contribution in [1.29, 1.82) is 0 Å². The lowest BCUT2D eigenvalue weighted by molar-refractivity contribution is -0.129. The third kappa shape index (κ3) is 5.56. The number of amides is 2. The van der Waals surface area contributed by atoms with Crippen LogP contribution in [0.25, 0.3) is 0 Å². The Morgan fingerprint density at radius 2 is 1.88 bits per heavy atom. The molecule has 5 nitrogen and oxygen atoms in total. The molecule has 2 amide bonds. The van der Waals surface area contributed by atoms with Crippen LogP contribution in [-0.4, -0.2) is 24.9 Å². The van der Waals surface area contributed by atoms with Crippen LogP contribution in [0.15, 0.2) is 30.3 Å². The third-order valence-electron chi connectivity index (χ3n) is 5.56. The number of nitrogens with two attached hydrogens (primary N) is 1. The Morgan fingerprint density at radius 1 is 1.19 bits per heavy atom. The third-order valence-corrected chi connectivity index (χ3v) is 5.56. The molecule has 0 aromatic heterocycles. The average molecular weight is 360 g/mol. The summed E-state index contributed by atoms with van der Waals surface area (Å²) in [5.41, 5.74) is 6.40. The maximum Gasteiger partial charge on any atom is 0.234 e. The molecule has 2 rings (SSSR count). The van der Waals surface area contributed by atoms with Crippen molar-refractivity contribution in [3.63, 3.8) is 0 Å². The van der Waals surface area contributed by atoms with Crippen LogP contribution in [0.5, 0.6) is 0 Å². The second kappa shape index (κ2) is 9.72. The van der Waals surface area contributed by atoms with E-state index in [0.717, 1.165) is 18.4 Å². The predicted molar refractivity (Wildman–Crippen MR) is 104 cm³/mol. The van der Waals surface area contributed by atoms with Gasteiger partial charge in [0.25, 0.3) is 0 Å². The van der Waals surface area contributed by atoms with Gasteiger partial charge < -0.3 is 16.4 Å². The molecule has 4 N–H and O–H groups in total. The molecule has 144 valence electrons. The van der Waals surface area contributed by atoms with Crippen molar-refractivity contribution in [2.45, 2.75) is 46.1 Å². The first-order chi connectivity index (χ1) is 12.4. The molecule has 0 bridgehead atoms. The van der Waals surface area contributed by atoms with Crippen LogP contribution in [0.1, 0.15) is 51.6 Å². The highest BCUT2D eigenvalue weighted by Gasteiger charge is 2.35. The molecule has 1 aliphatic carbocycles. The van der Waals surface area contributed by atoms with Gasteiger partial charge in [-0.05, 0) is 36.2 Å². The lowest BCUT2D eigenvalue weighted by Crippen LogP contribution is -2.44. The Kier molecular flexibility index (Phi) is 7.64. The highest BCUT2D eigenvalue weighted by Crippen LogP contribution is 2.38. The molecule has 1 fully saturated rings. The van der Waals surface area contributed by atoms with E-state index < -0.39 is 0 Å². The van der Waals surface area contributed by atoms with Gasteiger partial charge in [-0.15, -0.1) is 0 Å². The molecule has 0 heterocycles. The number of hydrogen-bond acceptors (Lipinski definition) is 3. The first-order valence-electron chi connectivity index (χ1n) is 9.74. The smallest absolute Gasteiger partial charge is 0.234 e. The summed E-state index contributed by atoms with van der Waals surface area (Å²) in [5, 5.41) is 6.00. The molecule has 26 heavy (non-hydrogen) atoms. The molecular formula is C21H33N3O2. The van der Waals surface area contributed by atoms with Gasteiger partial charge in [0.15, 0.2) is 0 Å². The van der Waals surface area contributed by atoms with E-state index in [1.54, 1.807) is 0 Å². The summed E-state index contributed by atoms with van der Waals surface area (Å²) in [5.74, 6) is 1.46. The van der Waals surface area contributed by atoms with Crippen LogP contribution in [0.3, 0.4) is 0 Å². The molecule has 1 aliphatic rings. The van der Waals surface area contributed by atoms with E-state index in [1.165, 1.54) is 6.42 Å². The van der Waals surface area contributed by atoms with Crippen molar-refractivity contribution >= 4 is 11.8 Å². The SMILES string of the molecule is CC(C)[C@@H]1CC[C@@H](C)C[C@H]1C(=O)NC[C@@H](NC(=O)CN)c1ccccc1. The van der Waals surface area contributed by atoms with Gasteiger partial charge >= 0.3 is 0 Å². The summed E-state index contributed by atoms with van der Waals surface area (Å²) in [4.78, 5) is 24.7. The van der Waals surface area contributed by atoms with Gasteiger partial charge in [-0.1, -0.05) is 57.5 Å². The molecular weight excluding hydrogens is 326 g/mol. The van der Waals surface area contributed by atoms with Crippen LogP contribution >= 0.6 is 0 Å². The summed E-state index contributed by atoms with van der Waals surface area (Å²) in [6.45, 7) is 6.95. The summed E-state index contributed by atoms with van der Waals surface area (Å²) in [6.07, 6.45) is 3.26. The molecule has 4 atom stereocenters. The molecule has 0 spiro atoms. The Labute approximate surface area is 157 Å². The molecule has 0 radical (unpaired) electrons. The molecule has 1 saturated carbocycles. The van der Waals surface area contributed by atoms with E-state index in [4.69, 9.17) is 5.73 Å². The fourth-order valence-corrected chi connectivity index (χ4v) is 4.03. The van der Waals surface area contributed by atoms with Gasteiger partial charge in [-0.25, -0.2) is 0 Å². The topological polar surface area (TPSA) is 84.2 Å². The van der Waals surface area contributed by atoms with E-state index >= 15 is 0 Å². The van der Waals surface area contributed by atoms with Crippen LogP contribution in [0.2, 0.25) is 0 Å². The maximum atomic E-state index is 12.9. The summed E-state index contributed by atoms with van der Waals surface area (Å²) in [6, 6.07) is 9.42. The van der Waals surface area contributed by atoms with Gasteiger partial charge in [0.05, 0.1) is 12.6 Å². The molecule has 5 heteroatoms. The van der Waals surface area contributed by atoms with Gasteiger partial charge in [0, 0.05) is 12.5 Å². The highest BCUT2D eigenvalue weighted by atomic mass is 16.2. The molecule has 0 saturated heterocycles. The zero-order chi connectivity index (χ0) is 19.1. The molecule has 1 aromatic carbocycles. The minimum Gasteiger partial charge on any atom is -0.353 e. The minimum absolute atomic E-state index is 0.0559. The number of carbonyl (C=O) groups is 2. The average Bonchev–Trinajstić information content (AvgIpc) is 2.64. The molecule has 1 aromatic rings. The van der Waals surface area contributed by atoms with Crippen LogP contribution < -0.4 is 16.4 Å². The van der Waals surface area contributed by atoms with Gasteiger partial charge in [-0.3, -0.25) is 9.59 Å². The van der Waals surface area contributed by atoms with Gasteiger partial charge in [-0.2, -0.15) is 0 Å². The minimum atomic E-state index is -0.269. The number of rotatable bonds is 7. The van der Waals surface area contributed by atoms with E-state index in [2.05, 4.69) is 31.4 Å². The van der Waals surface area contributed by atoms with Crippen molar-refractivity contribution in [2.24, 2.45) is 29.4 Å². The first kappa shape index (κ1) is 20.4. The quantitative estimate of drug-likeness (QED) is 0.700. The van der Waals surface area contributed by atoms with Crippen molar-refractivity contribution in [3.8, 4) is 0 Å². The lowest BCUT2D eigenvalue weighted by atomic mass is 9.70. The monoisotopic (exact) mass is 359 g/mol. The summed E-state index contributed by atoms with van der Waals surface area (Å²) in [7, 11) is 0. The van der Waals surface area contributed by atoms with Crippen molar-refractivity contribution in [1.82, 2.24) is 10.6 Å². The molecule has 0 aliphatic heterocycles. The summed E-state index contributed by atoms with van der Waals surface area (Å²) >= 11 is 0. The first-order valence-corrected chi connectivity index (χ1v) is 9.74. The molecule has 0 unspecified atom stereocenters. The predicted octanol–water partition coefficient (Wildman–Crippen LogP) is 2.63. The standard InChI is InChI=1S/C21H33N3O2/c1-14(2)17-10-9-15(3)11-18(17)21(26)23-13-19(24-20(25)12-22)16-7-5-4-6-8-16/h4-8,14-15,17-19H,9-13,22H2,1-3H3,(H,23,26)(H,24,25)/t15-,17+,18-,19-/m1/s1. The number of benzene rings is 1. The van der Waals surface area contributed by atoms with Crippen LogP contribution in [0, 0.1) is 23.7 Å². The lowest BCUT2D eigenvalue weighted by Gasteiger charge is -2.36.